The molecule has 0 amide bonds. The van der Waals surface area contributed by atoms with E-state index in [0.717, 1.165) is 6.54 Å². The largest absolute Gasteiger partial charge is 0.468 e. The number of nitrogens with zero attached hydrogens (tertiary/aromatic N) is 2. The first-order chi connectivity index (χ1) is 11.0. The Morgan fingerprint density at radius 1 is 1.38 bits per heavy atom. The second kappa shape index (κ2) is 9.90. The SMILES string of the molecule is CCNC(=NCc1cccnc1OCC(F)(F)F)NCC1CC1.I. The molecule has 0 aromatic carbocycles. The van der Waals surface area contributed by atoms with Crippen LogP contribution in [0.25, 0.3) is 0 Å². The topological polar surface area (TPSA) is 58.5 Å². The molecule has 1 fully saturated rings. The van der Waals surface area contributed by atoms with Crippen LogP contribution in [0.1, 0.15) is 25.3 Å². The lowest BCUT2D eigenvalue weighted by atomic mass is 10.3. The maximum Gasteiger partial charge on any atom is 0.422 e. The molecule has 2 rings (SSSR count). The number of aliphatic imine (C=N–C) groups is 1. The highest BCUT2D eigenvalue weighted by Gasteiger charge is 2.29. The van der Waals surface area contributed by atoms with Crippen molar-refractivity contribution in [2.24, 2.45) is 10.9 Å². The highest BCUT2D eigenvalue weighted by atomic mass is 127. The smallest absolute Gasteiger partial charge is 0.422 e. The summed E-state index contributed by atoms with van der Waals surface area (Å²) in [5, 5.41) is 6.34. The summed E-state index contributed by atoms with van der Waals surface area (Å²) in [7, 11) is 0. The van der Waals surface area contributed by atoms with Crippen molar-refractivity contribution in [3.8, 4) is 5.88 Å². The van der Waals surface area contributed by atoms with Gasteiger partial charge in [-0.2, -0.15) is 13.2 Å². The maximum atomic E-state index is 12.3. The first kappa shape index (κ1) is 20.8. The molecule has 1 aliphatic carbocycles. The van der Waals surface area contributed by atoms with Gasteiger partial charge in [-0.15, -0.1) is 24.0 Å². The summed E-state index contributed by atoms with van der Waals surface area (Å²) in [4.78, 5) is 8.24. The number of hydrogen-bond acceptors (Lipinski definition) is 3. The molecular weight excluding hydrogens is 436 g/mol. The summed E-state index contributed by atoms with van der Waals surface area (Å²) >= 11 is 0. The van der Waals surface area contributed by atoms with Crippen LogP contribution in [0.4, 0.5) is 13.2 Å². The number of pyridine rings is 1. The highest BCUT2D eigenvalue weighted by molar-refractivity contribution is 14.0. The fourth-order valence-electron chi connectivity index (χ4n) is 1.89. The van der Waals surface area contributed by atoms with Gasteiger partial charge in [0.1, 0.15) is 0 Å². The summed E-state index contributed by atoms with van der Waals surface area (Å²) in [5.41, 5.74) is 0.514. The summed E-state index contributed by atoms with van der Waals surface area (Å²) in [6.45, 7) is 2.36. The van der Waals surface area contributed by atoms with Gasteiger partial charge in [0.2, 0.25) is 5.88 Å². The molecule has 0 unspecified atom stereocenters. The lowest BCUT2D eigenvalue weighted by Gasteiger charge is -2.13. The van der Waals surface area contributed by atoms with Crippen molar-refractivity contribution in [3.63, 3.8) is 0 Å². The summed E-state index contributed by atoms with van der Waals surface area (Å²) in [6.07, 6.45) is -0.539. The van der Waals surface area contributed by atoms with Crippen molar-refractivity contribution in [3.05, 3.63) is 23.9 Å². The van der Waals surface area contributed by atoms with E-state index in [9.17, 15) is 13.2 Å². The van der Waals surface area contributed by atoms with Gasteiger partial charge in [0, 0.05) is 24.8 Å². The van der Waals surface area contributed by atoms with Crippen LogP contribution in [0.2, 0.25) is 0 Å². The Bertz CT molecular complexity index is 536. The zero-order chi connectivity index (χ0) is 16.7. The Hall–Kier alpha value is -1.26. The molecule has 5 nitrogen and oxygen atoms in total. The zero-order valence-corrected chi connectivity index (χ0v) is 15.7. The minimum absolute atomic E-state index is 0. The normalized spacial score (nSPS) is 14.8. The predicted molar refractivity (Wildman–Crippen MR) is 96.7 cm³/mol. The third kappa shape index (κ3) is 8.02. The van der Waals surface area contributed by atoms with E-state index >= 15 is 0 Å². The number of alkyl halides is 3. The average molecular weight is 458 g/mol. The van der Waals surface area contributed by atoms with Crippen molar-refractivity contribution in [2.45, 2.75) is 32.5 Å². The molecular formula is C15H22F3IN4O. The highest BCUT2D eigenvalue weighted by Crippen LogP contribution is 2.27. The molecule has 1 aromatic heterocycles. The van der Waals surface area contributed by atoms with E-state index in [-0.39, 0.29) is 36.4 Å². The summed E-state index contributed by atoms with van der Waals surface area (Å²) in [5.74, 6) is 1.31. The molecule has 1 aromatic rings. The Labute approximate surface area is 156 Å². The number of guanidine groups is 1. The molecule has 1 saturated carbocycles. The van der Waals surface area contributed by atoms with E-state index in [1.165, 1.54) is 19.0 Å². The van der Waals surface area contributed by atoms with Gasteiger partial charge in [0.15, 0.2) is 12.6 Å². The van der Waals surface area contributed by atoms with E-state index in [1.54, 1.807) is 12.1 Å². The standard InChI is InChI=1S/C15H21F3N4O.HI/c1-2-19-14(21-8-11-5-6-11)22-9-12-4-3-7-20-13(12)23-10-15(16,17)18;/h3-4,7,11H,2,5-6,8-10H2,1H3,(H2,19,21,22);1H. The Morgan fingerprint density at radius 2 is 2.12 bits per heavy atom. The third-order valence-electron chi connectivity index (χ3n) is 3.23. The Morgan fingerprint density at radius 3 is 2.75 bits per heavy atom. The van der Waals surface area contributed by atoms with Gasteiger partial charge < -0.3 is 15.4 Å². The molecule has 0 radical (unpaired) electrons. The van der Waals surface area contributed by atoms with Crippen LogP contribution in [0.15, 0.2) is 23.3 Å². The Kier molecular flexibility index (Phi) is 8.57. The monoisotopic (exact) mass is 458 g/mol. The second-order valence-electron chi connectivity index (χ2n) is 5.39. The van der Waals surface area contributed by atoms with Crippen LogP contribution in [0, 0.1) is 5.92 Å². The molecule has 9 heteroatoms. The summed E-state index contributed by atoms with van der Waals surface area (Å²) < 4.78 is 41.6. The number of aromatic nitrogens is 1. The molecule has 1 heterocycles. The predicted octanol–water partition coefficient (Wildman–Crippen LogP) is 3.11. The summed E-state index contributed by atoms with van der Waals surface area (Å²) in [6, 6.07) is 3.31. The van der Waals surface area contributed by atoms with Crippen LogP contribution >= 0.6 is 24.0 Å². The molecule has 1 aliphatic rings. The number of rotatable bonds is 7. The molecule has 2 N–H and O–H groups in total. The fraction of sp³-hybridized carbons (Fsp3) is 0.600. The van der Waals surface area contributed by atoms with Crippen LogP contribution in [0.5, 0.6) is 5.88 Å². The van der Waals surface area contributed by atoms with E-state index in [1.807, 2.05) is 6.92 Å². The number of nitrogens with one attached hydrogen (secondary N) is 2. The van der Waals surface area contributed by atoms with Crippen molar-refractivity contribution >= 4 is 29.9 Å². The minimum Gasteiger partial charge on any atom is -0.468 e. The average Bonchev–Trinajstić information content (AvgIpc) is 3.32. The minimum atomic E-state index is -4.39. The maximum absolute atomic E-state index is 12.3. The van der Waals surface area contributed by atoms with Gasteiger partial charge >= 0.3 is 6.18 Å². The molecule has 0 saturated heterocycles. The van der Waals surface area contributed by atoms with Crippen LogP contribution in [-0.4, -0.2) is 36.8 Å². The quantitative estimate of drug-likeness (QED) is 0.375. The molecule has 0 spiro atoms. The van der Waals surface area contributed by atoms with E-state index in [4.69, 9.17) is 4.74 Å². The van der Waals surface area contributed by atoms with Crippen molar-refractivity contribution < 1.29 is 17.9 Å². The first-order valence-electron chi connectivity index (χ1n) is 7.63. The van der Waals surface area contributed by atoms with Gasteiger partial charge in [-0.25, -0.2) is 9.98 Å². The third-order valence-corrected chi connectivity index (χ3v) is 3.23. The molecule has 24 heavy (non-hydrogen) atoms. The van der Waals surface area contributed by atoms with Crippen molar-refractivity contribution in [1.29, 1.82) is 0 Å². The molecule has 136 valence electrons. The Balaban J connectivity index is 0.00000288. The first-order valence-corrected chi connectivity index (χ1v) is 7.63. The zero-order valence-electron chi connectivity index (χ0n) is 13.4. The van der Waals surface area contributed by atoms with E-state index in [2.05, 4.69) is 20.6 Å². The van der Waals surface area contributed by atoms with Gasteiger partial charge in [-0.1, -0.05) is 6.07 Å². The van der Waals surface area contributed by atoms with Crippen molar-refractivity contribution in [1.82, 2.24) is 15.6 Å². The lowest BCUT2D eigenvalue weighted by molar-refractivity contribution is -0.154. The van der Waals surface area contributed by atoms with Crippen LogP contribution in [0.3, 0.4) is 0 Å². The number of ether oxygens (including phenoxy) is 1. The van der Waals surface area contributed by atoms with Gasteiger partial charge in [0.05, 0.1) is 6.54 Å². The van der Waals surface area contributed by atoms with Crippen LogP contribution < -0.4 is 15.4 Å². The second-order valence-corrected chi connectivity index (χ2v) is 5.39. The van der Waals surface area contributed by atoms with Crippen molar-refractivity contribution in [2.75, 3.05) is 19.7 Å². The number of halogens is 4. The molecule has 0 bridgehead atoms. The lowest BCUT2D eigenvalue weighted by Crippen LogP contribution is -2.38. The number of hydrogen-bond donors (Lipinski definition) is 2. The van der Waals surface area contributed by atoms with E-state index < -0.39 is 12.8 Å². The van der Waals surface area contributed by atoms with Crippen LogP contribution in [-0.2, 0) is 6.54 Å². The van der Waals surface area contributed by atoms with Gasteiger partial charge in [-0.05, 0) is 31.7 Å². The molecule has 0 aliphatic heterocycles. The fourth-order valence-corrected chi connectivity index (χ4v) is 1.89. The molecule has 0 atom stereocenters. The van der Waals surface area contributed by atoms with Gasteiger partial charge in [0.25, 0.3) is 0 Å². The van der Waals surface area contributed by atoms with Gasteiger partial charge in [-0.3, -0.25) is 0 Å². The van der Waals surface area contributed by atoms with E-state index in [0.29, 0.717) is 24.0 Å².